The summed E-state index contributed by atoms with van der Waals surface area (Å²) in [6, 6.07) is 10.7. The molecule has 0 radical (unpaired) electrons. The number of benzene rings is 1. The van der Waals surface area contributed by atoms with Crippen LogP contribution in [0.2, 0.25) is 0 Å². The number of anilines is 1. The molecule has 2 aromatic rings. The van der Waals surface area contributed by atoms with E-state index >= 15 is 0 Å². The maximum atomic E-state index is 11.9. The van der Waals surface area contributed by atoms with E-state index < -0.39 is 5.56 Å². The third-order valence-corrected chi connectivity index (χ3v) is 3.52. The molecule has 0 saturated heterocycles. The summed E-state index contributed by atoms with van der Waals surface area (Å²) in [5.74, 6) is 0.629. The molecule has 0 aliphatic heterocycles. The average Bonchev–Trinajstić information content (AvgIpc) is 2.55. The Morgan fingerprint density at radius 2 is 1.83 bits per heavy atom. The number of hydrogen-bond donors (Lipinski definition) is 2. The molecule has 2 rings (SSSR count). The fraction of sp³-hybridized carbons (Fsp3) is 0.235. The molecule has 1 heterocycles. The molecule has 116 valence electrons. The molecule has 0 amide bonds. The van der Waals surface area contributed by atoms with Crippen molar-refractivity contribution in [2.24, 2.45) is 0 Å². The number of aromatic amines is 1. The quantitative estimate of drug-likeness (QED) is 0.900. The number of nitrogens with zero attached hydrogens (tertiary/aromatic N) is 2. The third kappa shape index (κ3) is 3.17. The number of aromatic nitrogens is 1. The number of rotatable bonds is 4. The molecule has 23 heavy (non-hydrogen) atoms. The lowest BCUT2D eigenvalue weighted by Crippen LogP contribution is -2.16. The number of nitriles is 2. The van der Waals surface area contributed by atoms with E-state index in [4.69, 9.17) is 10.5 Å². The normalized spacial score (nSPS) is 11.3. The summed E-state index contributed by atoms with van der Waals surface area (Å²) < 4.78 is 5.69. The molecular formula is C17H16N4O2. The lowest BCUT2D eigenvalue weighted by Gasteiger charge is -2.13. The van der Waals surface area contributed by atoms with Crippen molar-refractivity contribution in [3.05, 3.63) is 45.7 Å². The van der Waals surface area contributed by atoms with E-state index in [2.05, 4.69) is 4.98 Å². The van der Waals surface area contributed by atoms with E-state index in [1.165, 1.54) is 0 Å². The predicted octanol–water partition coefficient (Wildman–Crippen LogP) is 2.54. The molecule has 0 spiro atoms. The average molecular weight is 308 g/mol. The number of nitrogen functional groups attached to an aromatic ring is 1. The second-order valence-corrected chi connectivity index (χ2v) is 5.08. The fourth-order valence-electron chi connectivity index (χ4n) is 2.15. The molecule has 1 aromatic heterocycles. The van der Waals surface area contributed by atoms with Gasteiger partial charge in [0.05, 0.1) is 6.10 Å². The molecule has 3 N–H and O–H groups in total. The van der Waals surface area contributed by atoms with Gasteiger partial charge in [-0.1, -0.05) is 19.1 Å². The van der Waals surface area contributed by atoms with Crippen molar-refractivity contribution < 1.29 is 4.74 Å². The molecule has 6 heteroatoms. The van der Waals surface area contributed by atoms with Gasteiger partial charge < -0.3 is 15.5 Å². The predicted molar refractivity (Wildman–Crippen MR) is 86.7 cm³/mol. The summed E-state index contributed by atoms with van der Waals surface area (Å²) in [7, 11) is 0. The Labute approximate surface area is 133 Å². The summed E-state index contributed by atoms with van der Waals surface area (Å²) in [6.45, 7) is 3.99. The van der Waals surface area contributed by atoms with Gasteiger partial charge in [0.1, 0.15) is 34.8 Å². The zero-order valence-corrected chi connectivity index (χ0v) is 12.9. The van der Waals surface area contributed by atoms with Gasteiger partial charge in [0, 0.05) is 5.56 Å². The Kier molecular flexibility index (Phi) is 4.68. The minimum absolute atomic E-state index is 0.0496. The Bertz CT molecular complexity index is 854. The first-order valence-electron chi connectivity index (χ1n) is 7.14. The van der Waals surface area contributed by atoms with Gasteiger partial charge in [-0.2, -0.15) is 10.5 Å². The standard InChI is InChI=1S/C17H16N4O2/c1-3-10(2)23-12-6-4-11(5-7-12)15-13(8-18)16(20)21-17(22)14(15)9-19/h4-7,10H,3H2,1-2H3,(H3,20,21,22). The van der Waals surface area contributed by atoms with Crippen LogP contribution >= 0.6 is 0 Å². The zero-order chi connectivity index (χ0) is 17.0. The van der Waals surface area contributed by atoms with Crippen molar-refractivity contribution in [2.45, 2.75) is 26.4 Å². The van der Waals surface area contributed by atoms with Gasteiger partial charge in [0.15, 0.2) is 0 Å². The van der Waals surface area contributed by atoms with Gasteiger partial charge in [0.2, 0.25) is 0 Å². The van der Waals surface area contributed by atoms with Crippen LogP contribution < -0.4 is 16.0 Å². The summed E-state index contributed by atoms with van der Waals surface area (Å²) >= 11 is 0. The summed E-state index contributed by atoms with van der Waals surface area (Å²) in [5.41, 5.74) is 5.83. The van der Waals surface area contributed by atoms with Gasteiger partial charge in [-0.25, -0.2) is 0 Å². The van der Waals surface area contributed by atoms with Crippen LogP contribution in [-0.2, 0) is 0 Å². The van der Waals surface area contributed by atoms with Crippen LogP contribution in [0.1, 0.15) is 31.4 Å². The lowest BCUT2D eigenvalue weighted by atomic mass is 9.96. The first kappa shape index (κ1) is 16.1. The monoisotopic (exact) mass is 308 g/mol. The number of nitrogens with two attached hydrogens (primary N) is 1. The second-order valence-electron chi connectivity index (χ2n) is 5.08. The first-order valence-corrected chi connectivity index (χ1v) is 7.14. The van der Waals surface area contributed by atoms with Crippen molar-refractivity contribution in [2.75, 3.05) is 5.73 Å². The highest BCUT2D eigenvalue weighted by Gasteiger charge is 2.18. The second kappa shape index (κ2) is 6.67. The van der Waals surface area contributed by atoms with E-state index in [-0.39, 0.29) is 28.6 Å². The van der Waals surface area contributed by atoms with Crippen molar-refractivity contribution in [3.63, 3.8) is 0 Å². The molecule has 0 bridgehead atoms. The van der Waals surface area contributed by atoms with E-state index in [0.717, 1.165) is 6.42 Å². The molecule has 0 saturated carbocycles. The largest absolute Gasteiger partial charge is 0.491 e. The number of hydrogen-bond acceptors (Lipinski definition) is 5. The zero-order valence-electron chi connectivity index (χ0n) is 12.9. The number of pyridine rings is 1. The summed E-state index contributed by atoms with van der Waals surface area (Å²) in [6.07, 6.45) is 0.962. The highest BCUT2D eigenvalue weighted by Crippen LogP contribution is 2.29. The van der Waals surface area contributed by atoms with Crippen LogP contribution in [0.25, 0.3) is 11.1 Å². The smallest absolute Gasteiger partial charge is 0.268 e. The molecule has 1 unspecified atom stereocenters. The minimum Gasteiger partial charge on any atom is -0.491 e. The SMILES string of the molecule is CCC(C)Oc1ccc(-c2c(C#N)c(N)[nH]c(=O)c2C#N)cc1. The minimum atomic E-state index is -0.612. The van der Waals surface area contributed by atoms with Crippen LogP contribution in [0.4, 0.5) is 5.82 Å². The van der Waals surface area contributed by atoms with Crippen molar-refractivity contribution in [1.82, 2.24) is 4.98 Å². The molecule has 0 aliphatic carbocycles. The molecule has 1 atom stereocenters. The van der Waals surface area contributed by atoms with Crippen LogP contribution in [0.15, 0.2) is 29.1 Å². The first-order chi connectivity index (χ1) is 11.0. The Morgan fingerprint density at radius 3 is 2.35 bits per heavy atom. The Morgan fingerprint density at radius 1 is 1.22 bits per heavy atom. The third-order valence-electron chi connectivity index (χ3n) is 3.52. The van der Waals surface area contributed by atoms with Crippen molar-refractivity contribution in [3.8, 4) is 29.0 Å². The van der Waals surface area contributed by atoms with Crippen LogP contribution in [0, 0.1) is 22.7 Å². The van der Waals surface area contributed by atoms with Gasteiger partial charge in [0.25, 0.3) is 5.56 Å². The van der Waals surface area contributed by atoms with Crippen molar-refractivity contribution in [1.29, 1.82) is 10.5 Å². The number of H-pyrrole nitrogens is 1. The molecule has 0 fully saturated rings. The summed E-state index contributed by atoms with van der Waals surface area (Å²) in [5, 5.41) is 18.5. The van der Waals surface area contributed by atoms with E-state index in [1.54, 1.807) is 24.3 Å². The molecule has 0 aliphatic rings. The number of nitrogens with one attached hydrogen (secondary N) is 1. The highest BCUT2D eigenvalue weighted by molar-refractivity contribution is 5.80. The summed E-state index contributed by atoms with van der Waals surface area (Å²) in [4.78, 5) is 14.2. The Hall–Kier alpha value is -3.25. The fourth-order valence-corrected chi connectivity index (χ4v) is 2.15. The van der Waals surface area contributed by atoms with E-state index in [9.17, 15) is 15.3 Å². The maximum absolute atomic E-state index is 11.9. The van der Waals surface area contributed by atoms with Crippen LogP contribution in [0.3, 0.4) is 0 Å². The van der Waals surface area contributed by atoms with Gasteiger partial charge in [-0.15, -0.1) is 0 Å². The lowest BCUT2D eigenvalue weighted by molar-refractivity contribution is 0.217. The maximum Gasteiger partial charge on any atom is 0.268 e. The topological polar surface area (TPSA) is 116 Å². The molecule has 1 aromatic carbocycles. The molecule has 6 nitrogen and oxygen atoms in total. The van der Waals surface area contributed by atoms with Crippen molar-refractivity contribution >= 4 is 5.82 Å². The van der Waals surface area contributed by atoms with Crippen LogP contribution in [0.5, 0.6) is 5.75 Å². The highest BCUT2D eigenvalue weighted by atomic mass is 16.5. The van der Waals surface area contributed by atoms with Gasteiger partial charge >= 0.3 is 0 Å². The van der Waals surface area contributed by atoms with E-state index in [1.807, 2.05) is 26.0 Å². The van der Waals surface area contributed by atoms with Gasteiger partial charge in [-0.3, -0.25) is 4.79 Å². The molecular weight excluding hydrogens is 292 g/mol. The number of ether oxygens (including phenoxy) is 1. The van der Waals surface area contributed by atoms with Gasteiger partial charge in [-0.05, 0) is 31.0 Å². The Balaban J connectivity index is 2.57. The van der Waals surface area contributed by atoms with E-state index in [0.29, 0.717) is 11.3 Å². The van der Waals surface area contributed by atoms with Crippen LogP contribution in [-0.4, -0.2) is 11.1 Å².